The van der Waals surface area contributed by atoms with Crippen LogP contribution in [0.5, 0.6) is 0 Å². The fourth-order valence-electron chi connectivity index (χ4n) is 1.97. The smallest absolute Gasteiger partial charge is 0.311 e. The highest BCUT2D eigenvalue weighted by Gasteiger charge is 2.23. The molecule has 110 valence electrons. The van der Waals surface area contributed by atoms with Crippen molar-refractivity contribution in [2.45, 2.75) is 19.9 Å². The minimum atomic E-state index is -0.485. The second-order valence-corrected chi connectivity index (χ2v) is 5.27. The van der Waals surface area contributed by atoms with Crippen molar-refractivity contribution in [2.24, 2.45) is 5.92 Å². The number of hydrogen-bond acceptors (Lipinski definition) is 5. The average molecular weight is 307 g/mol. The van der Waals surface area contributed by atoms with Crippen LogP contribution in [0.2, 0.25) is 5.15 Å². The predicted molar refractivity (Wildman–Crippen MR) is 81.3 cm³/mol. The highest BCUT2D eigenvalue weighted by Crippen LogP contribution is 2.30. The molecule has 0 aliphatic carbocycles. The highest BCUT2D eigenvalue weighted by molar-refractivity contribution is 6.29. The molecule has 0 saturated heterocycles. The number of anilines is 1. The summed E-state index contributed by atoms with van der Waals surface area (Å²) in [6.45, 7) is 4.01. The van der Waals surface area contributed by atoms with Gasteiger partial charge in [-0.15, -0.1) is 0 Å². The lowest BCUT2D eigenvalue weighted by Crippen LogP contribution is -2.19. The second-order valence-electron chi connectivity index (χ2n) is 4.88. The number of nitro groups is 1. The van der Waals surface area contributed by atoms with Crippen molar-refractivity contribution >= 4 is 23.1 Å². The van der Waals surface area contributed by atoms with E-state index in [1.165, 1.54) is 12.1 Å². The van der Waals surface area contributed by atoms with Gasteiger partial charge >= 0.3 is 5.69 Å². The van der Waals surface area contributed by atoms with E-state index in [2.05, 4.69) is 15.3 Å². The quantitative estimate of drug-likeness (QED) is 0.515. The third-order valence-electron chi connectivity index (χ3n) is 3.00. The van der Waals surface area contributed by atoms with Crippen LogP contribution in [0.25, 0.3) is 0 Å². The standard InChI is InChI=1S/C14H15ClN4O2/c1-9(2)13(10-5-3-4-8-16-10)18-14-11(19(20)21)6-7-12(15)17-14/h3-9,13H,1-2H3,(H,17,18)/t13-/m0/s1. The van der Waals surface area contributed by atoms with E-state index >= 15 is 0 Å². The monoisotopic (exact) mass is 306 g/mol. The number of aromatic nitrogens is 2. The largest absolute Gasteiger partial charge is 0.356 e. The Bertz CT molecular complexity index is 634. The lowest BCUT2D eigenvalue weighted by molar-refractivity contribution is -0.384. The van der Waals surface area contributed by atoms with E-state index < -0.39 is 4.92 Å². The predicted octanol–water partition coefficient (Wildman–Crippen LogP) is 3.85. The Kier molecular flexibility index (Phi) is 4.70. The van der Waals surface area contributed by atoms with Gasteiger partial charge in [-0.2, -0.15) is 0 Å². The molecule has 7 heteroatoms. The zero-order valence-corrected chi connectivity index (χ0v) is 12.4. The summed E-state index contributed by atoms with van der Waals surface area (Å²) in [5.74, 6) is 0.317. The van der Waals surface area contributed by atoms with Gasteiger partial charge in [0.05, 0.1) is 16.7 Å². The highest BCUT2D eigenvalue weighted by atomic mass is 35.5. The van der Waals surface area contributed by atoms with Gasteiger partial charge in [0.25, 0.3) is 0 Å². The molecule has 0 aliphatic rings. The summed E-state index contributed by atoms with van der Waals surface area (Å²) < 4.78 is 0. The molecule has 2 aromatic rings. The van der Waals surface area contributed by atoms with E-state index in [0.717, 1.165) is 5.69 Å². The molecule has 0 radical (unpaired) electrons. The zero-order chi connectivity index (χ0) is 15.4. The Morgan fingerprint density at radius 3 is 2.62 bits per heavy atom. The van der Waals surface area contributed by atoms with Crippen LogP contribution in [0.3, 0.4) is 0 Å². The summed E-state index contributed by atoms with van der Waals surface area (Å²) in [5, 5.41) is 14.4. The Morgan fingerprint density at radius 2 is 2.05 bits per heavy atom. The number of halogens is 1. The number of rotatable bonds is 5. The van der Waals surface area contributed by atoms with E-state index in [9.17, 15) is 10.1 Å². The zero-order valence-electron chi connectivity index (χ0n) is 11.7. The SMILES string of the molecule is CC(C)[C@H](Nc1nc(Cl)ccc1[N+](=O)[O-])c1ccccn1. The average Bonchev–Trinajstić information content (AvgIpc) is 2.45. The van der Waals surface area contributed by atoms with Gasteiger partial charge in [0, 0.05) is 12.3 Å². The molecule has 1 N–H and O–H groups in total. The van der Waals surface area contributed by atoms with Crippen LogP contribution in [-0.2, 0) is 0 Å². The van der Waals surface area contributed by atoms with E-state index in [0.29, 0.717) is 0 Å². The first-order chi connectivity index (χ1) is 9.99. The molecule has 0 saturated carbocycles. The maximum atomic E-state index is 11.1. The molecule has 2 aromatic heterocycles. The third kappa shape index (κ3) is 3.66. The summed E-state index contributed by atoms with van der Waals surface area (Å²) >= 11 is 5.84. The number of nitrogens with one attached hydrogen (secondary N) is 1. The summed E-state index contributed by atoms with van der Waals surface area (Å²) in [6, 6.07) is 8.11. The first-order valence-corrected chi connectivity index (χ1v) is 6.85. The molecule has 6 nitrogen and oxygen atoms in total. The van der Waals surface area contributed by atoms with Crippen molar-refractivity contribution in [1.82, 2.24) is 9.97 Å². The second kappa shape index (κ2) is 6.49. The third-order valence-corrected chi connectivity index (χ3v) is 3.21. The summed E-state index contributed by atoms with van der Waals surface area (Å²) in [6.07, 6.45) is 1.69. The number of hydrogen-bond donors (Lipinski definition) is 1. The van der Waals surface area contributed by atoms with Crippen LogP contribution in [0.15, 0.2) is 36.5 Å². The molecule has 1 atom stereocenters. The lowest BCUT2D eigenvalue weighted by Gasteiger charge is -2.22. The molecular weight excluding hydrogens is 292 g/mol. The first-order valence-electron chi connectivity index (χ1n) is 6.47. The summed E-state index contributed by atoms with van der Waals surface area (Å²) in [4.78, 5) is 18.9. The van der Waals surface area contributed by atoms with E-state index in [4.69, 9.17) is 11.6 Å². The van der Waals surface area contributed by atoms with Crippen LogP contribution >= 0.6 is 11.6 Å². The van der Waals surface area contributed by atoms with Gasteiger partial charge in [-0.05, 0) is 24.1 Å². The molecule has 0 aliphatic heterocycles. The van der Waals surface area contributed by atoms with Crippen molar-refractivity contribution in [3.63, 3.8) is 0 Å². The molecule has 0 spiro atoms. The van der Waals surface area contributed by atoms with Crippen molar-refractivity contribution in [2.75, 3.05) is 5.32 Å². The van der Waals surface area contributed by atoms with Crippen LogP contribution in [0.4, 0.5) is 11.5 Å². The maximum Gasteiger partial charge on any atom is 0.311 e. The van der Waals surface area contributed by atoms with Gasteiger partial charge in [0.2, 0.25) is 5.82 Å². The van der Waals surface area contributed by atoms with Crippen molar-refractivity contribution in [3.8, 4) is 0 Å². The summed E-state index contributed by atoms with van der Waals surface area (Å²) in [7, 11) is 0. The van der Waals surface area contributed by atoms with E-state index in [1.54, 1.807) is 6.20 Å². The summed E-state index contributed by atoms with van der Waals surface area (Å²) in [5.41, 5.74) is 0.685. The Balaban J connectivity index is 2.38. The topological polar surface area (TPSA) is 81.0 Å². The number of pyridine rings is 2. The van der Waals surface area contributed by atoms with Gasteiger partial charge in [-0.1, -0.05) is 31.5 Å². The van der Waals surface area contributed by atoms with Crippen LogP contribution < -0.4 is 5.32 Å². The lowest BCUT2D eigenvalue weighted by atomic mass is 10.0. The van der Waals surface area contributed by atoms with Crippen molar-refractivity contribution < 1.29 is 4.92 Å². The minimum Gasteiger partial charge on any atom is -0.356 e. The van der Waals surface area contributed by atoms with Gasteiger partial charge in [0.15, 0.2) is 0 Å². The molecule has 2 heterocycles. The molecule has 0 aromatic carbocycles. The molecular formula is C14H15ClN4O2. The van der Waals surface area contributed by atoms with Gasteiger partial charge in [-0.25, -0.2) is 4.98 Å². The molecule has 21 heavy (non-hydrogen) atoms. The fraction of sp³-hybridized carbons (Fsp3) is 0.286. The van der Waals surface area contributed by atoms with Crippen molar-refractivity contribution in [1.29, 1.82) is 0 Å². The first kappa shape index (κ1) is 15.2. The Morgan fingerprint density at radius 1 is 1.29 bits per heavy atom. The van der Waals surface area contributed by atoms with Gasteiger partial charge < -0.3 is 5.32 Å². The normalized spacial score (nSPS) is 12.2. The molecule has 0 bridgehead atoms. The van der Waals surface area contributed by atoms with Crippen LogP contribution in [0, 0.1) is 16.0 Å². The van der Waals surface area contributed by atoms with Crippen molar-refractivity contribution in [3.05, 3.63) is 57.5 Å². The fourth-order valence-corrected chi connectivity index (χ4v) is 2.12. The van der Waals surface area contributed by atoms with Gasteiger partial charge in [0.1, 0.15) is 5.15 Å². The number of nitrogens with zero attached hydrogens (tertiary/aromatic N) is 3. The molecule has 0 fully saturated rings. The minimum absolute atomic E-state index is 0.110. The van der Waals surface area contributed by atoms with Crippen LogP contribution in [-0.4, -0.2) is 14.9 Å². The molecule has 2 rings (SSSR count). The Hall–Kier alpha value is -2.21. The van der Waals surface area contributed by atoms with E-state index in [1.807, 2.05) is 32.0 Å². The Labute approximate surface area is 127 Å². The van der Waals surface area contributed by atoms with Gasteiger partial charge in [-0.3, -0.25) is 15.1 Å². The molecule has 0 amide bonds. The maximum absolute atomic E-state index is 11.1. The molecule has 0 unspecified atom stereocenters. The van der Waals surface area contributed by atoms with E-state index in [-0.39, 0.29) is 28.6 Å². The van der Waals surface area contributed by atoms with Crippen LogP contribution in [0.1, 0.15) is 25.6 Å².